The fourth-order valence-corrected chi connectivity index (χ4v) is 2.20. The normalized spacial score (nSPS) is 10.2. The SMILES string of the molecule is Cc1cc(-c2cccc(F)c2F)cc(C)c1CN.Cl. The lowest BCUT2D eigenvalue weighted by Crippen LogP contribution is -2.02. The molecule has 0 heterocycles. The second kappa shape index (κ2) is 6.13. The van der Waals surface area contributed by atoms with E-state index in [9.17, 15) is 8.78 Å². The summed E-state index contributed by atoms with van der Waals surface area (Å²) < 4.78 is 26.9. The van der Waals surface area contributed by atoms with Crippen LogP contribution in [0.1, 0.15) is 16.7 Å². The van der Waals surface area contributed by atoms with Crippen molar-refractivity contribution in [2.24, 2.45) is 5.73 Å². The Bertz CT molecular complexity index is 574. The van der Waals surface area contributed by atoms with Gasteiger partial charge in [0.1, 0.15) is 0 Å². The van der Waals surface area contributed by atoms with Crippen LogP contribution in [0.4, 0.5) is 8.78 Å². The molecule has 102 valence electrons. The predicted molar refractivity (Wildman–Crippen MR) is 76.4 cm³/mol. The van der Waals surface area contributed by atoms with E-state index in [0.29, 0.717) is 12.1 Å². The number of rotatable bonds is 2. The van der Waals surface area contributed by atoms with Crippen LogP contribution in [0.25, 0.3) is 11.1 Å². The van der Waals surface area contributed by atoms with E-state index in [2.05, 4.69) is 0 Å². The van der Waals surface area contributed by atoms with E-state index in [-0.39, 0.29) is 18.0 Å². The molecule has 0 saturated heterocycles. The highest BCUT2D eigenvalue weighted by atomic mass is 35.5. The zero-order valence-electron chi connectivity index (χ0n) is 10.8. The molecule has 0 aromatic heterocycles. The molecule has 0 bridgehead atoms. The van der Waals surface area contributed by atoms with Crippen LogP contribution in [0.2, 0.25) is 0 Å². The average Bonchev–Trinajstić information content (AvgIpc) is 2.32. The number of nitrogens with two attached hydrogens (primary N) is 1. The Balaban J connectivity index is 0.00000180. The summed E-state index contributed by atoms with van der Waals surface area (Å²) in [5.74, 6) is -1.64. The molecule has 0 unspecified atom stereocenters. The van der Waals surface area contributed by atoms with Crippen molar-refractivity contribution < 1.29 is 8.78 Å². The minimum Gasteiger partial charge on any atom is -0.326 e. The number of hydrogen-bond acceptors (Lipinski definition) is 1. The average molecular weight is 284 g/mol. The largest absolute Gasteiger partial charge is 0.326 e. The quantitative estimate of drug-likeness (QED) is 0.881. The highest BCUT2D eigenvalue weighted by molar-refractivity contribution is 5.85. The third-order valence-corrected chi connectivity index (χ3v) is 3.16. The van der Waals surface area contributed by atoms with Crippen LogP contribution in [-0.2, 0) is 6.54 Å². The van der Waals surface area contributed by atoms with E-state index >= 15 is 0 Å². The zero-order valence-corrected chi connectivity index (χ0v) is 11.7. The van der Waals surface area contributed by atoms with Gasteiger partial charge >= 0.3 is 0 Å². The van der Waals surface area contributed by atoms with Crippen LogP contribution in [0.15, 0.2) is 30.3 Å². The van der Waals surface area contributed by atoms with Gasteiger partial charge in [-0.25, -0.2) is 8.78 Å². The Morgan fingerprint density at radius 1 is 1.05 bits per heavy atom. The Hall–Kier alpha value is -1.45. The van der Waals surface area contributed by atoms with E-state index in [1.807, 2.05) is 26.0 Å². The van der Waals surface area contributed by atoms with Gasteiger partial charge in [-0.3, -0.25) is 0 Å². The second-order valence-electron chi connectivity index (χ2n) is 4.39. The molecule has 19 heavy (non-hydrogen) atoms. The van der Waals surface area contributed by atoms with Crippen molar-refractivity contribution >= 4 is 12.4 Å². The van der Waals surface area contributed by atoms with Gasteiger partial charge < -0.3 is 5.73 Å². The fourth-order valence-electron chi connectivity index (χ4n) is 2.20. The molecule has 0 spiro atoms. The summed E-state index contributed by atoms with van der Waals surface area (Å²) in [4.78, 5) is 0. The Kier molecular flexibility index (Phi) is 5.04. The molecule has 2 rings (SSSR count). The summed E-state index contributed by atoms with van der Waals surface area (Å²) in [7, 11) is 0. The van der Waals surface area contributed by atoms with E-state index < -0.39 is 11.6 Å². The lowest BCUT2D eigenvalue weighted by Gasteiger charge is -2.12. The lowest BCUT2D eigenvalue weighted by molar-refractivity contribution is 0.511. The van der Waals surface area contributed by atoms with Crippen molar-refractivity contribution in [1.29, 1.82) is 0 Å². The topological polar surface area (TPSA) is 26.0 Å². The Labute approximate surface area is 117 Å². The van der Waals surface area contributed by atoms with Crippen LogP contribution in [0, 0.1) is 25.5 Å². The molecular weight excluding hydrogens is 268 g/mol. The summed E-state index contributed by atoms with van der Waals surface area (Å²) in [5, 5.41) is 0. The minimum absolute atomic E-state index is 0. The van der Waals surface area contributed by atoms with Gasteiger partial charge in [-0.15, -0.1) is 12.4 Å². The zero-order chi connectivity index (χ0) is 13.3. The molecule has 0 aliphatic heterocycles. The third kappa shape index (κ3) is 2.94. The van der Waals surface area contributed by atoms with Gasteiger partial charge in [0.05, 0.1) is 0 Å². The van der Waals surface area contributed by atoms with Crippen molar-refractivity contribution in [3.8, 4) is 11.1 Å². The third-order valence-electron chi connectivity index (χ3n) is 3.16. The summed E-state index contributed by atoms with van der Waals surface area (Å²) in [6.45, 7) is 4.30. The van der Waals surface area contributed by atoms with Gasteiger partial charge in [-0.05, 0) is 42.2 Å². The molecule has 1 nitrogen and oxygen atoms in total. The molecule has 0 aliphatic rings. The number of benzene rings is 2. The van der Waals surface area contributed by atoms with Crippen molar-refractivity contribution in [3.05, 3.63) is 58.7 Å². The van der Waals surface area contributed by atoms with Gasteiger partial charge in [0.2, 0.25) is 0 Å². The van der Waals surface area contributed by atoms with Gasteiger partial charge in [0.15, 0.2) is 11.6 Å². The minimum atomic E-state index is -0.828. The highest BCUT2D eigenvalue weighted by Crippen LogP contribution is 2.28. The van der Waals surface area contributed by atoms with Gasteiger partial charge in [0.25, 0.3) is 0 Å². The molecule has 0 saturated carbocycles. The first-order chi connectivity index (χ1) is 8.54. The summed E-state index contributed by atoms with van der Waals surface area (Å²) in [6, 6.07) is 7.89. The molecular formula is C15H16ClF2N. The van der Waals surface area contributed by atoms with Crippen LogP contribution < -0.4 is 5.73 Å². The van der Waals surface area contributed by atoms with Gasteiger partial charge in [-0.1, -0.05) is 24.3 Å². The summed E-state index contributed by atoms with van der Waals surface area (Å²) in [5.41, 5.74) is 9.67. The first kappa shape index (κ1) is 15.6. The van der Waals surface area contributed by atoms with E-state index in [1.54, 1.807) is 6.07 Å². The van der Waals surface area contributed by atoms with Crippen molar-refractivity contribution in [2.45, 2.75) is 20.4 Å². The monoisotopic (exact) mass is 283 g/mol. The summed E-state index contributed by atoms with van der Waals surface area (Å²) >= 11 is 0. The second-order valence-corrected chi connectivity index (χ2v) is 4.39. The molecule has 0 amide bonds. The molecule has 0 atom stereocenters. The van der Waals surface area contributed by atoms with Crippen molar-refractivity contribution in [2.75, 3.05) is 0 Å². The Morgan fingerprint density at radius 3 is 2.16 bits per heavy atom. The van der Waals surface area contributed by atoms with E-state index in [1.165, 1.54) is 6.07 Å². The molecule has 0 fully saturated rings. The maximum Gasteiger partial charge on any atom is 0.166 e. The van der Waals surface area contributed by atoms with Crippen LogP contribution in [0.5, 0.6) is 0 Å². The number of aryl methyl sites for hydroxylation is 2. The molecule has 0 radical (unpaired) electrons. The maximum atomic E-state index is 13.7. The molecule has 2 N–H and O–H groups in total. The lowest BCUT2D eigenvalue weighted by atomic mass is 9.95. The van der Waals surface area contributed by atoms with Crippen molar-refractivity contribution in [3.63, 3.8) is 0 Å². The number of halogens is 3. The number of hydrogen-bond donors (Lipinski definition) is 1. The van der Waals surface area contributed by atoms with Crippen LogP contribution >= 0.6 is 12.4 Å². The molecule has 2 aromatic carbocycles. The van der Waals surface area contributed by atoms with Crippen LogP contribution in [0.3, 0.4) is 0 Å². The van der Waals surface area contributed by atoms with E-state index in [4.69, 9.17) is 5.73 Å². The smallest absolute Gasteiger partial charge is 0.166 e. The Morgan fingerprint density at radius 2 is 1.63 bits per heavy atom. The van der Waals surface area contributed by atoms with Crippen molar-refractivity contribution in [1.82, 2.24) is 0 Å². The molecule has 0 aliphatic carbocycles. The first-order valence-corrected chi connectivity index (χ1v) is 5.79. The van der Waals surface area contributed by atoms with Gasteiger partial charge in [0, 0.05) is 12.1 Å². The highest BCUT2D eigenvalue weighted by Gasteiger charge is 2.11. The van der Waals surface area contributed by atoms with Crippen LogP contribution in [-0.4, -0.2) is 0 Å². The van der Waals surface area contributed by atoms with E-state index in [0.717, 1.165) is 22.8 Å². The predicted octanol–water partition coefficient (Wildman–Crippen LogP) is 4.13. The molecule has 2 aromatic rings. The fraction of sp³-hybridized carbons (Fsp3) is 0.200. The summed E-state index contributed by atoms with van der Waals surface area (Å²) in [6.07, 6.45) is 0. The first-order valence-electron chi connectivity index (χ1n) is 5.79. The standard InChI is InChI=1S/C15H15F2N.ClH/c1-9-6-11(7-10(2)13(9)8-18)12-4-3-5-14(16)15(12)17;/h3-7H,8,18H2,1-2H3;1H. The maximum absolute atomic E-state index is 13.7. The molecule has 4 heteroatoms. The van der Waals surface area contributed by atoms with Gasteiger partial charge in [-0.2, -0.15) is 0 Å².